The van der Waals surface area contributed by atoms with Crippen LogP contribution in [0.1, 0.15) is 72.4 Å². The highest BCUT2D eigenvalue weighted by Gasteiger charge is 2.44. The number of nitrogens with two attached hydrogens (primary N) is 1. The van der Waals surface area contributed by atoms with Gasteiger partial charge >= 0.3 is 6.03 Å². The summed E-state index contributed by atoms with van der Waals surface area (Å²) in [6.45, 7) is 5.02. The minimum absolute atomic E-state index is 0.0307. The number of Topliss-reactive ketones (excluding diaryl/α,β-unsaturated/α-hetero) is 1. The van der Waals surface area contributed by atoms with Crippen LogP contribution in [-0.4, -0.2) is 75.4 Å². The zero-order chi connectivity index (χ0) is 29.8. The first-order valence-electron chi connectivity index (χ1n) is 13.5. The molecule has 15 nitrogen and oxygen atoms in total. The predicted octanol–water partition coefficient (Wildman–Crippen LogP) is 1.37. The van der Waals surface area contributed by atoms with Crippen molar-refractivity contribution in [1.82, 2.24) is 50.3 Å². The van der Waals surface area contributed by atoms with Crippen LogP contribution in [-0.2, 0) is 16.8 Å². The second-order valence-corrected chi connectivity index (χ2v) is 10.8. The highest BCUT2D eigenvalue weighted by Crippen LogP contribution is 2.32. The normalized spacial score (nSPS) is 22.0. The number of carbonyl (C=O) groups is 4. The van der Waals surface area contributed by atoms with Gasteiger partial charge in [-0.1, -0.05) is 6.07 Å². The molecule has 0 aliphatic carbocycles. The molecule has 2 saturated heterocycles. The lowest BCUT2D eigenvalue weighted by molar-refractivity contribution is -0.123. The molecule has 6 rings (SSSR count). The van der Waals surface area contributed by atoms with E-state index in [9.17, 15) is 19.2 Å². The Kier molecular flexibility index (Phi) is 6.43. The lowest BCUT2D eigenvalue weighted by Crippen LogP contribution is -2.41. The first kappa shape index (κ1) is 27.0. The number of nitrogens with one attached hydrogen (secondary N) is 3. The largest absolute Gasteiger partial charge is 0.383 e. The number of amides is 4. The number of anilines is 1. The van der Waals surface area contributed by atoms with Gasteiger partial charge in [-0.3, -0.25) is 24.7 Å². The molecule has 3 atom stereocenters. The van der Waals surface area contributed by atoms with Gasteiger partial charge < -0.3 is 20.9 Å². The van der Waals surface area contributed by atoms with Crippen molar-refractivity contribution in [3.05, 3.63) is 53.6 Å². The number of H-pyrrole nitrogens is 1. The number of likely N-dealkylation sites (tertiary alicyclic amines) is 1. The summed E-state index contributed by atoms with van der Waals surface area (Å²) in [4.78, 5) is 63.7. The van der Waals surface area contributed by atoms with Crippen molar-refractivity contribution >= 4 is 35.1 Å². The molecule has 15 heteroatoms. The Morgan fingerprint density at radius 1 is 1.19 bits per heavy atom. The second-order valence-electron chi connectivity index (χ2n) is 10.8. The third-order valence-corrected chi connectivity index (χ3v) is 8.10. The Balaban J connectivity index is 1.31. The van der Waals surface area contributed by atoms with Gasteiger partial charge in [-0.15, -0.1) is 10.2 Å². The molecule has 4 aromatic heterocycles. The summed E-state index contributed by atoms with van der Waals surface area (Å²) < 4.78 is 1.42. The van der Waals surface area contributed by atoms with E-state index in [0.29, 0.717) is 46.6 Å². The molecule has 0 bridgehead atoms. The summed E-state index contributed by atoms with van der Waals surface area (Å²) in [5, 5.41) is 16.8. The molecule has 0 spiro atoms. The number of hydrogen-bond acceptors (Lipinski definition) is 10. The Morgan fingerprint density at radius 2 is 2.00 bits per heavy atom. The van der Waals surface area contributed by atoms with E-state index in [1.165, 1.54) is 17.8 Å². The molecule has 0 aromatic carbocycles. The molecule has 42 heavy (non-hydrogen) atoms. The summed E-state index contributed by atoms with van der Waals surface area (Å²) in [5.41, 5.74) is 8.08. The molecule has 5 N–H and O–H groups in total. The summed E-state index contributed by atoms with van der Waals surface area (Å²) in [6, 6.07) is 2.78. The smallest absolute Gasteiger partial charge is 0.322 e. The third-order valence-electron chi connectivity index (χ3n) is 8.10. The van der Waals surface area contributed by atoms with Crippen molar-refractivity contribution in [3.63, 3.8) is 0 Å². The van der Waals surface area contributed by atoms with E-state index in [2.05, 4.69) is 35.9 Å². The van der Waals surface area contributed by atoms with Gasteiger partial charge in [0.15, 0.2) is 17.0 Å². The molecule has 2 fully saturated rings. The highest BCUT2D eigenvalue weighted by molar-refractivity contribution is 6.07. The van der Waals surface area contributed by atoms with Crippen molar-refractivity contribution in [1.29, 1.82) is 0 Å². The van der Waals surface area contributed by atoms with E-state index in [1.807, 2.05) is 11.8 Å². The van der Waals surface area contributed by atoms with Gasteiger partial charge in [0.1, 0.15) is 12.1 Å². The monoisotopic (exact) mass is 571 g/mol. The lowest BCUT2D eigenvalue weighted by Gasteiger charge is -2.28. The summed E-state index contributed by atoms with van der Waals surface area (Å²) in [6.07, 6.45) is 7.16. The van der Waals surface area contributed by atoms with E-state index >= 15 is 0 Å². The van der Waals surface area contributed by atoms with Crippen molar-refractivity contribution in [3.8, 4) is 11.1 Å². The lowest BCUT2D eigenvalue weighted by atomic mass is 9.96. The molecule has 0 saturated carbocycles. The molecule has 2 aliphatic rings. The number of nitrogen functional groups attached to an aromatic ring is 1. The van der Waals surface area contributed by atoms with Crippen LogP contribution in [0.2, 0.25) is 0 Å². The van der Waals surface area contributed by atoms with Crippen LogP contribution in [0.25, 0.3) is 16.8 Å². The quantitative estimate of drug-likeness (QED) is 0.185. The summed E-state index contributed by atoms with van der Waals surface area (Å²) in [5.74, 6) is -0.576. The number of aromatic nitrogens is 7. The first-order chi connectivity index (χ1) is 20.1. The summed E-state index contributed by atoms with van der Waals surface area (Å²) in [7, 11) is 0. The maximum Gasteiger partial charge on any atom is 0.322 e. The van der Waals surface area contributed by atoms with E-state index in [0.717, 1.165) is 12.8 Å². The molecule has 4 amide bonds. The average Bonchev–Trinajstić information content (AvgIpc) is 3.75. The van der Waals surface area contributed by atoms with Crippen LogP contribution in [0, 0.1) is 0 Å². The average molecular weight is 572 g/mol. The van der Waals surface area contributed by atoms with Crippen LogP contribution in [0.3, 0.4) is 0 Å². The fourth-order valence-electron chi connectivity index (χ4n) is 5.86. The van der Waals surface area contributed by atoms with E-state index in [1.54, 1.807) is 31.5 Å². The van der Waals surface area contributed by atoms with Crippen LogP contribution in [0.15, 0.2) is 30.9 Å². The highest BCUT2D eigenvalue weighted by atomic mass is 16.2. The Labute approximate surface area is 239 Å². The van der Waals surface area contributed by atoms with Gasteiger partial charge in [0.2, 0.25) is 5.82 Å². The van der Waals surface area contributed by atoms with E-state index < -0.39 is 17.5 Å². The van der Waals surface area contributed by atoms with Crippen molar-refractivity contribution in [2.45, 2.75) is 64.1 Å². The molecule has 0 radical (unpaired) electrons. The Bertz CT molecular complexity index is 1730. The maximum atomic E-state index is 13.1. The van der Waals surface area contributed by atoms with Gasteiger partial charge in [-0.2, -0.15) is 9.61 Å². The second kappa shape index (κ2) is 10.0. The van der Waals surface area contributed by atoms with Crippen molar-refractivity contribution in [2.24, 2.45) is 0 Å². The topological polar surface area (TPSA) is 206 Å². The van der Waals surface area contributed by atoms with Crippen LogP contribution >= 0.6 is 0 Å². The van der Waals surface area contributed by atoms with Crippen LogP contribution in [0.4, 0.5) is 10.6 Å². The minimum Gasteiger partial charge on any atom is -0.383 e. The number of pyridine rings is 1. The zero-order valence-electron chi connectivity index (χ0n) is 23.2. The van der Waals surface area contributed by atoms with E-state index in [4.69, 9.17) is 10.7 Å². The Morgan fingerprint density at radius 3 is 2.64 bits per heavy atom. The SMILES string of the molecule is CC(=O)c1c(CCC2CC[C@@H](C)N2C(=O)c2nnc[nH]2)nc2c(-c3ccc(C4(C)NC(=O)NC4=O)nc3)cnn2c1N. The molecule has 216 valence electrons. The minimum atomic E-state index is -1.29. The van der Waals surface area contributed by atoms with Gasteiger partial charge in [0, 0.05) is 29.4 Å². The van der Waals surface area contributed by atoms with Crippen molar-refractivity contribution in [2.75, 3.05) is 5.73 Å². The predicted molar refractivity (Wildman–Crippen MR) is 148 cm³/mol. The van der Waals surface area contributed by atoms with E-state index in [-0.39, 0.29) is 35.4 Å². The molecule has 4 aromatic rings. The van der Waals surface area contributed by atoms with Gasteiger partial charge in [-0.25, -0.2) is 9.78 Å². The fourth-order valence-corrected chi connectivity index (χ4v) is 5.86. The van der Waals surface area contributed by atoms with Crippen LogP contribution < -0.4 is 16.4 Å². The van der Waals surface area contributed by atoms with Gasteiger partial charge in [0.25, 0.3) is 11.8 Å². The number of imide groups is 1. The number of carbonyl (C=O) groups excluding carboxylic acids is 4. The molecular formula is C27H29N11O4. The number of hydrogen-bond donors (Lipinski definition) is 4. The van der Waals surface area contributed by atoms with Gasteiger partial charge in [-0.05, 0) is 52.5 Å². The standard InChI is InChI=1S/C27H29N11O4/c1-13-4-6-16(37(13)24(40)22-30-12-31-36-22)7-8-18-20(14(2)39)21(28)38-23(33-18)17(11-32-38)15-5-9-19(29-10-15)27(3)25(41)34-26(42)35-27/h5,9-13,16H,4,6-8,28H2,1-3H3,(H,30,31,36)(H2,34,35,41,42)/t13-,16?,27?/m1/s1. The molecule has 2 unspecified atom stereocenters. The number of rotatable bonds is 7. The Hall–Kier alpha value is -5.21. The number of fused-ring (bicyclic) bond motifs is 1. The summed E-state index contributed by atoms with van der Waals surface area (Å²) >= 11 is 0. The number of nitrogens with zero attached hydrogens (tertiary/aromatic N) is 7. The number of aryl methyl sites for hydroxylation is 1. The number of ketones is 1. The third kappa shape index (κ3) is 4.33. The molecule has 6 heterocycles. The number of aromatic amines is 1. The first-order valence-corrected chi connectivity index (χ1v) is 13.5. The zero-order valence-corrected chi connectivity index (χ0v) is 23.2. The molecular weight excluding hydrogens is 542 g/mol. The molecule has 2 aliphatic heterocycles. The van der Waals surface area contributed by atoms with Crippen LogP contribution in [0.5, 0.6) is 0 Å². The fraction of sp³-hybridized carbons (Fsp3) is 0.370. The maximum absolute atomic E-state index is 13.1. The number of urea groups is 1. The van der Waals surface area contributed by atoms with Gasteiger partial charge in [0.05, 0.1) is 23.1 Å². The van der Waals surface area contributed by atoms with Crippen molar-refractivity contribution < 1.29 is 19.2 Å².